The largest absolute Gasteiger partial charge is 0.308 e. The molecule has 1 aliphatic heterocycles. The van der Waals surface area contributed by atoms with Crippen LogP contribution in [0.5, 0.6) is 0 Å². The maximum Gasteiger partial charge on any atom is 0.183 e. The first-order valence-corrected chi connectivity index (χ1v) is 11.5. The number of nitrogens with one attached hydrogen (secondary N) is 1. The van der Waals surface area contributed by atoms with Crippen LogP contribution in [0.4, 0.5) is 4.39 Å². The highest BCUT2D eigenvalue weighted by atomic mass is 32.2. The molecule has 2 aromatic rings. The smallest absolute Gasteiger partial charge is 0.183 e. The number of halogens is 1. The normalized spacial score (nSPS) is 22.4. The summed E-state index contributed by atoms with van der Waals surface area (Å²) in [5.41, 5.74) is 2.02. The van der Waals surface area contributed by atoms with Gasteiger partial charge in [0.15, 0.2) is 19.7 Å². The molecule has 0 unspecified atom stereocenters. The molecule has 1 saturated heterocycles. The van der Waals surface area contributed by atoms with Crippen LogP contribution in [0, 0.1) is 12.7 Å². The second-order valence-electron chi connectivity index (χ2n) is 6.53. The van der Waals surface area contributed by atoms with Crippen molar-refractivity contribution in [2.24, 2.45) is 0 Å². The van der Waals surface area contributed by atoms with Crippen molar-refractivity contribution >= 4 is 19.7 Å². The first kappa shape index (κ1) is 19.0. The maximum atomic E-state index is 13.1. The van der Waals surface area contributed by atoms with Gasteiger partial charge >= 0.3 is 0 Å². The molecule has 0 aromatic heterocycles. The lowest BCUT2D eigenvalue weighted by atomic mass is 10.1. The summed E-state index contributed by atoms with van der Waals surface area (Å²) in [6.07, 6.45) is 0. The van der Waals surface area contributed by atoms with E-state index >= 15 is 0 Å². The fourth-order valence-corrected chi connectivity index (χ4v) is 7.88. The molecule has 140 valence electrons. The zero-order valence-corrected chi connectivity index (χ0v) is 15.9. The van der Waals surface area contributed by atoms with E-state index in [0.29, 0.717) is 6.54 Å². The average Bonchev–Trinajstić information content (AvgIpc) is 2.90. The van der Waals surface area contributed by atoms with Gasteiger partial charge in [0.2, 0.25) is 0 Å². The molecular formula is C18H20FNO4S2. The number of hydrogen-bond acceptors (Lipinski definition) is 5. The van der Waals surface area contributed by atoms with Gasteiger partial charge in [0, 0.05) is 12.6 Å². The summed E-state index contributed by atoms with van der Waals surface area (Å²) in [5.74, 6) is -1.21. The van der Waals surface area contributed by atoms with Crippen LogP contribution in [-0.4, -0.2) is 39.6 Å². The topological polar surface area (TPSA) is 80.3 Å². The van der Waals surface area contributed by atoms with Gasteiger partial charge in [-0.1, -0.05) is 24.3 Å². The van der Waals surface area contributed by atoms with Crippen LogP contribution in [0.25, 0.3) is 0 Å². The SMILES string of the molecule is Cc1ccccc1CN[C@@H]1CS(=O)(=O)C[C@H]1S(=O)(=O)c1ccc(F)cc1. The van der Waals surface area contributed by atoms with Crippen molar-refractivity contribution in [3.8, 4) is 0 Å². The van der Waals surface area contributed by atoms with Crippen molar-refractivity contribution in [3.63, 3.8) is 0 Å². The Kier molecular flexibility index (Phi) is 5.18. The van der Waals surface area contributed by atoms with Crippen LogP contribution in [0.3, 0.4) is 0 Å². The Hall–Kier alpha value is -1.77. The molecule has 0 spiro atoms. The Morgan fingerprint density at radius 1 is 1.08 bits per heavy atom. The zero-order chi connectivity index (χ0) is 18.9. The fraction of sp³-hybridized carbons (Fsp3) is 0.333. The van der Waals surface area contributed by atoms with Crippen LogP contribution in [0.2, 0.25) is 0 Å². The Labute approximate surface area is 153 Å². The molecule has 0 saturated carbocycles. The van der Waals surface area contributed by atoms with E-state index in [0.717, 1.165) is 23.3 Å². The summed E-state index contributed by atoms with van der Waals surface area (Å²) in [7, 11) is -7.37. The van der Waals surface area contributed by atoms with Gasteiger partial charge in [0.25, 0.3) is 0 Å². The fourth-order valence-electron chi connectivity index (χ4n) is 3.16. The van der Waals surface area contributed by atoms with Gasteiger partial charge in [-0.3, -0.25) is 0 Å². The average molecular weight is 397 g/mol. The summed E-state index contributed by atoms with van der Waals surface area (Å²) in [6.45, 7) is 2.32. The van der Waals surface area contributed by atoms with E-state index in [1.54, 1.807) is 0 Å². The van der Waals surface area contributed by atoms with Crippen LogP contribution < -0.4 is 5.32 Å². The monoisotopic (exact) mass is 397 g/mol. The molecule has 0 aliphatic carbocycles. The summed E-state index contributed by atoms with van der Waals surface area (Å²) < 4.78 is 63.1. The van der Waals surface area contributed by atoms with Crippen LogP contribution in [0.15, 0.2) is 53.4 Å². The number of hydrogen-bond donors (Lipinski definition) is 1. The van der Waals surface area contributed by atoms with E-state index < -0.39 is 42.5 Å². The van der Waals surface area contributed by atoms with Crippen molar-refractivity contribution in [2.75, 3.05) is 11.5 Å². The number of aryl methyl sites for hydroxylation is 1. The van der Waals surface area contributed by atoms with Crippen molar-refractivity contribution in [2.45, 2.75) is 29.7 Å². The lowest BCUT2D eigenvalue weighted by Crippen LogP contribution is -2.43. The highest BCUT2D eigenvalue weighted by Crippen LogP contribution is 2.26. The van der Waals surface area contributed by atoms with E-state index in [2.05, 4.69) is 5.32 Å². The van der Waals surface area contributed by atoms with Gasteiger partial charge < -0.3 is 5.32 Å². The summed E-state index contributed by atoms with van der Waals surface area (Å²) in [6, 6.07) is 11.4. The molecule has 1 fully saturated rings. The van der Waals surface area contributed by atoms with Gasteiger partial charge in [-0.25, -0.2) is 21.2 Å². The summed E-state index contributed by atoms with van der Waals surface area (Å²) >= 11 is 0. The third-order valence-corrected chi connectivity index (χ3v) is 8.82. The quantitative estimate of drug-likeness (QED) is 0.779. The van der Waals surface area contributed by atoms with Crippen molar-refractivity contribution in [1.82, 2.24) is 5.32 Å². The second-order valence-corrected chi connectivity index (χ2v) is 10.8. The first-order valence-electron chi connectivity index (χ1n) is 8.17. The Bertz CT molecular complexity index is 1000. The van der Waals surface area contributed by atoms with Gasteiger partial charge in [-0.05, 0) is 42.3 Å². The van der Waals surface area contributed by atoms with E-state index in [1.165, 1.54) is 12.1 Å². The lowest BCUT2D eigenvalue weighted by Gasteiger charge is -2.20. The summed E-state index contributed by atoms with van der Waals surface area (Å²) in [5, 5.41) is 2.00. The van der Waals surface area contributed by atoms with Crippen molar-refractivity contribution in [3.05, 3.63) is 65.5 Å². The highest BCUT2D eigenvalue weighted by molar-refractivity contribution is 7.96. The molecule has 0 amide bonds. The van der Waals surface area contributed by atoms with Gasteiger partial charge in [-0.2, -0.15) is 0 Å². The first-order chi connectivity index (χ1) is 12.2. The minimum Gasteiger partial charge on any atom is -0.308 e. The molecule has 0 radical (unpaired) electrons. The molecule has 3 rings (SSSR count). The molecule has 2 atom stereocenters. The van der Waals surface area contributed by atoms with E-state index in [9.17, 15) is 21.2 Å². The summed E-state index contributed by atoms with van der Waals surface area (Å²) in [4.78, 5) is -0.0660. The third-order valence-electron chi connectivity index (χ3n) is 4.66. The molecule has 1 N–H and O–H groups in total. The Morgan fingerprint density at radius 3 is 2.38 bits per heavy atom. The van der Waals surface area contributed by atoms with Gasteiger partial charge in [0.1, 0.15) is 5.82 Å². The minimum atomic E-state index is -3.90. The van der Waals surface area contributed by atoms with Gasteiger partial charge in [0.05, 0.1) is 21.7 Å². The Morgan fingerprint density at radius 2 is 1.73 bits per heavy atom. The molecule has 1 aliphatic rings. The minimum absolute atomic E-state index is 0.0660. The molecule has 1 heterocycles. The number of sulfone groups is 2. The highest BCUT2D eigenvalue weighted by Gasteiger charge is 2.45. The predicted octanol–water partition coefficient (Wildman–Crippen LogP) is 1.86. The number of rotatable bonds is 5. The molecule has 5 nitrogen and oxygen atoms in total. The molecule has 8 heteroatoms. The molecule has 0 bridgehead atoms. The van der Waals surface area contributed by atoms with Gasteiger partial charge in [-0.15, -0.1) is 0 Å². The standard InChI is InChI=1S/C18H20FNO4S2/c1-13-4-2-3-5-14(13)10-20-17-11-25(21,22)12-18(17)26(23,24)16-8-6-15(19)7-9-16/h2-9,17-18,20H,10-12H2,1H3/t17-,18-/m1/s1. The maximum absolute atomic E-state index is 13.1. The lowest BCUT2D eigenvalue weighted by molar-refractivity contribution is 0.525. The number of benzene rings is 2. The van der Waals surface area contributed by atoms with Crippen molar-refractivity contribution < 1.29 is 21.2 Å². The van der Waals surface area contributed by atoms with Crippen LogP contribution >= 0.6 is 0 Å². The molecule has 2 aromatic carbocycles. The molecular weight excluding hydrogens is 377 g/mol. The van der Waals surface area contributed by atoms with E-state index in [-0.39, 0.29) is 10.6 Å². The zero-order valence-electron chi connectivity index (χ0n) is 14.2. The van der Waals surface area contributed by atoms with Crippen LogP contribution in [0.1, 0.15) is 11.1 Å². The molecule has 26 heavy (non-hydrogen) atoms. The second kappa shape index (κ2) is 7.09. The van der Waals surface area contributed by atoms with E-state index in [1.807, 2.05) is 31.2 Å². The van der Waals surface area contributed by atoms with E-state index in [4.69, 9.17) is 0 Å². The third kappa shape index (κ3) is 3.97. The predicted molar refractivity (Wildman–Crippen MR) is 97.8 cm³/mol. The van der Waals surface area contributed by atoms with Crippen molar-refractivity contribution in [1.29, 1.82) is 0 Å². The Balaban J connectivity index is 1.86. The van der Waals surface area contributed by atoms with Crippen LogP contribution in [-0.2, 0) is 26.2 Å².